The summed E-state index contributed by atoms with van der Waals surface area (Å²) in [7, 11) is 0. The van der Waals surface area contributed by atoms with Crippen LogP contribution in [0.5, 0.6) is 0 Å². The van der Waals surface area contributed by atoms with Crippen LogP contribution in [0.4, 0.5) is 4.79 Å². The van der Waals surface area contributed by atoms with Gasteiger partial charge < -0.3 is 10.2 Å². The van der Waals surface area contributed by atoms with Crippen molar-refractivity contribution in [2.45, 2.75) is 77.0 Å². The highest BCUT2D eigenvalue weighted by Gasteiger charge is 2.25. The number of rotatable bonds is 3. The molecule has 4 rings (SSSR count). The quantitative estimate of drug-likeness (QED) is 0.916. The minimum Gasteiger partial charge on any atom is -0.332 e. The molecule has 6 nitrogen and oxygen atoms in total. The van der Waals surface area contributed by atoms with E-state index in [1.807, 2.05) is 4.90 Å². The third kappa shape index (κ3) is 4.00. The fourth-order valence-electron chi connectivity index (χ4n) is 4.59. The van der Waals surface area contributed by atoms with Crippen molar-refractivity contribution in [3.63, 3.8) is 0 Å². The van der Waals surface area contributed by atoms with Crippen LogP contribution in [-0.2, 0) is 19.6 Å². The maximum absolute atomic E-state index is 12.1. The number of amides is 2. The van der Waals surface area contributed by atoms with Gasteiger partial charge in [0.2, 0.25) is 0 Å². The lowest BCUT2D eigenvalue weighted by Crippen LogP contribution is -2.37. The maximum Gasteiger partial charge on any atom is 0.317 e. The van der Waals surface area contributed by atoms with Crippen molar-refractivity contribution in [1.82, 2.24) is 24.9 Å². The third-order valence-corrected chi connectivity index (χ3v) is 6.00. The van der Waals surface area contributed by atoms with Gasteiger partial charge in [0.05, 0.1) is 17.9 Å². The van der Waals surface area contributed by atoms with Gasteiger partial charge >= 0.3 is 6.03 Å². The Labute approximate surface area is 150 Å². The zero-order valence-electron chi connectivity index (χ0n) is 15.3. The second-order valence-corrected chi connectivity index (χ2v) is 7.82. The molecule has 0 unspecified atom stereocenters. The van der Waals surface area contributed by atoms with E-state index < -0.39 is 0 Å². The molecule has 2 fully saturated rings. The van der Waals surface area contributed by atoms with Crippen LogP contribution in [0.3, 0.4) is 0 Å². The Kier molecular flexibility index (Phi) is 5.25. The normalized spacial score (nSPS) is 22.6. The summed E-state index contributed by atoms with van der Waals surface area (Å²) in [6.07, 6.45) is 10.3. The molecule has 0 spiro atoms. The molecule has 1 aromatic heterocycles. The van der Waals surface area contributed by atoms with Gasteiger partial charge in [0.25, 0.3) is 0 Å². The number of hydrogen-bond acceptors (Lipinski definition) is 3. The SMILES string of the molecule is O=C(NCc1cc2n(n1)CCCN(C1CCCCC1)C2)N1CCCC1. The van der Waals surface area contributed by atoms with E-state index in [1.54, 1.807) is 0 Å². The van der Waals surface area contributed by atoms with Gasteiger partial charge in [-0.05, 0) is 38.2 Å². The number of carbonyl (C=O) groups excluding carboxylic acids is 1. The summed E-state index contributed by atoms with van der Waals surface area (Å²) in [4.78, 5) is 16.7. The van der Waals surface area contributed by atoms with Crippen molar-refractivity contribution >= 4 is 6.03 Å². The predicted octanol–water partition coefficient (Wildman–Crippen LogP) is 2.73. The maximum atomic E-state index is 12.1. The van der Waals surface area contributed by atoms with Crippen molar-refractivity contribution in [1.29, 1.82) is 0 Å². The van der Waals surface area contributed by atoms with Gasteiger partial charge in [-0.25, -0.2) is 4.79 Å². The van der Waals surface area contributed by atoms with E-state index in [4.69, 9.17) is 5.10 Å². The molecule has 1 saturated carbocycles. The molecule has 3 aliphatic rings. The van der Waals surface area contributed by atoms with Gasteiger partial charge in [-0.15, -0.1) is 0 Å². The fraction of sp³-hybridized carbons (Fsp3) is 0.789. The van der Waals surface area contributed by atoms with Gasteiger partial charge in [-0.2, -0.15) is 5.10 Å². The van der Waals surface area contributed by atoms with Gasteiger partial charge in [-0.1, -0.05) is 19.3 Å². The Bertz CT molecular complexity index is 587. The Hall–Kier alpha value is -1.56. The smallest absolute Gasteiger partial charge is 0.317 e. The van der Waals surface area contributed by atoms with Crippen molar-refractivity contribution in [3.05, 3.63) is 17.5 Å². The van der Waals surface area contributed by atoms with Gasteiger partial charge in [-0.3, -0.25) is 9.58 Å². The van der Waals surface area contributed by atoms with E-state index >= 15 is 0 Å². The molecule has 0 bridgehead atoms. The molecule has 138 valence electrons. The first-order valence-electron chi connectivity index (χ1n) is 10.1. The number of aryl methyl sites for hydroxylation is 1. The fourth-order valence-corrected chi connectivity index (χ4v) is 4.59. The van der Waals surface area contributed by atoms with Crippen LogP contribution < -0.4 is 5.32 Å². The standard InChI is InChI=1S/C19H31N5O/c25-19(22-9-4-5-10-22)20-14-16-13-18-15-23(11-6-12-24(18)21-16)17-7-2-1-3-8-17/h13,17H,1-12,14-15H2,(H,20,25). The largest absolute Gasteiger partial charge is 0.332 e. The highest BCUT2D eigenvalue weighted by molar-refractivity contribution is 5.74. The molecule has 6 heteroatoms. The number of likely N-dealkylation sites (tertiary alicyclic amines) is 1. The summed E-state index contributed by atoms with van der Waals surface area (Å²) < 4.78 is 2.17. The number of urea groups is 1. The monoisotopic (exact) mass is 345 g/mol. The zero-order chi connectivity index (χ0) is 17.1. The molecule has 1 aromatic rings. The number of carbonyl (C=O) groups is 1. The summed E-state index contributed by atoms with van der Waals surface area (Å²) in [5, 5.41) is 7.78. The minimum absolute atomic E-state index is 0.0597. The topological polar surface area (TPSA) is 53.4 Å². The first-order valence-corrected chi connectivity index (χ1v) is 10.1. The molecule has 0 atom stereocenters. The summed E-state index contributed by atoms with van der Waals surface area (Å²) in [5.74, 6) is 0. The van der Waals surface area contributed by atoms with Crippen LogP contribution in [0.25, 0.3) is 0 Å². The summed E-state index contributed by atoms with van der Waals surface area (Å²) >= 11 is 0. The molecular formula is C19H31N5O. The molecule has 2 aliphatic heterocycles. The van der Waals surface area contributed by atoms with Gasteiger partial charge in [0, 0.05) is 38.8 Å². The summed E-state index contributed by atoms with van der Waals surface area (Å²) in [6.45, 7) is 5.52. The predicted molar refractivity (Wildman–Crippen MR) is 97.2 cm³/mol. The molecule has 25 heavy (non-hydrogen) atoms. The molecule has 1 saturated heterocycles. The number of fused-ring (bicyclic) bond motifs is 1. The average Bonchev–Trinajstić information content (AvgIpc) is 3.27. The molecule has 2 amide bonds. The lowest BCUT2D eigenvalue weighted by atomic mass is 9.94. The van der Waals surface area contributed by atoms with Crippen LogP contribution in [-0.4, -0.2) is 51.3 Å². The van der Waals surface area contributed by atoms with E-state index in [1.165, 1.54) is 50.8 Å². The minimum atomic E-state index is 0.0597. The lowest BCUT2D eigenvalue weighted by molar-refractivity contribution is 0.150. The Balaban J connectivity index is 1.36. The first-order chi connectivity index (χ1) is 12.3. The lowest BCUT2D eigenvalue weighted by Gasteiger charge is -2.33. The van der Waals surface area contributed by atoms with Crippen molar-refractivity contribution in [3.8, 4) is 0 Å². The highest BCUT2D eigenvalue weighted by Crippen LogP contribution is 2.26. The molecule has 0 aromatic carbocycles. The van der Waals surface area contributed by atoms with E-state index in [0.717, 1.165) is 50.8 Å². The van der Waals surface area contributed by atoms with E-state index in [2.05, 4.69) is 21.0 Å². The van der Waals surface area contributed by atoms with Crippen molar-refractivity contribution < 1.29 is 4.79 Å². The Morgan fingerprint density at radius 1 is 1.04 bits per heavy atom. The van der Waals surface area contributed by atoms with E-state index in [0.29, 0.717) is 6.54 Å². The first kappa shape index (κ1) is 16.9. The Morgan fingerprint density at radius 2 is 1.84 bits per heavy atom. The van der Waals surface area contributed by atoms with Crippen molar-refractivity contribution in [2.24, 2.45) is 0 Å². The van der Waals surface area contributed by atoms with Gasteiger partial charge in [0.1, 0.15) is 0 Å². The molecule has 3 heterocycles. The highest BCUT2D eigenvalue weighted by atomic mass is 16.2. The zero-order valence-corrected chi connectivity index (χ0v) is 15.3. The average molecular weight is 345 g/mol. The molecule has 1 aliphatic carbocycles. The van der Waals surface area contributed by atoms with Crippen LogP contribution in [0.15, 0.2) is 6.07 Å². The summed E-state index contributed by atoms with van der Waals surface area (Å²) in [5.41, 5.74) is 2.31. The van der Waals surface area contributed by atoms with Gasteiger partial charge in [0.15, 0.2) is 0 Å². The number of hydrogen-bond donors (Lipinski definition) is 1. The van der Waals surface area contributed by atoms with E-state index in [-0.39, 0.29) is 6.03 Å². The summed E-state index contributed by atoms with van der Waals surface area (Å²) in [6, 6.07) is 3.02. The molecule has 0 radical (unpaired) electrons. The van der Waals surface area contributed by atoms with Crippen molar-refractivity contribution in [2.75, 3.05) is 19.6 Å². The molecular weight excluding hydrogens is 314 g/mol. The van der Waals surface area contributed by atoms with E-state index in [9.17, 15) is 4.79 Å². The number of nitrogens with zero attached hydrogens (tertiary/aromatic N) is 4. The Morgan fingerprint density at radius 3 is 2.64 bits per heavy atom. The number of aromatic nitrogens is 2. The second kappa shape index (κ2) is 7.77. The van der Waals surface area contributed by atoms with Crippen LogP contribution in [0.2, 0.25) is 0 Å². The number of nitrogens with one attached hydrogen (secondary N) is 1. The molecule has 1 N–H and O–H groups in total. The van der Waals surface area contributed by atoms with Crippen LogP contribution in [0.1, 0.15) is 62.8 Å². The van der Waals surface area contributed by atoms with Crippen LogP contribution in [0, 0.1) is 0 Å². The third-order valence-electron chi connectivity index (χ3n) is 6.00. The van der Waals surface area contributed by atoms with Crippen LogP contribution >= 0.6 is 0 Å². The second-order valence-electron chi connectivity index (χ2n) is 7.82.